The van der Waals surface area contributed by atoms with Gasteiger partial charge < -0.3 is 15.3 Å². The zero-order valence-corrected chi connectivity index (χ0v) is 21.3. The van der Waals surface area contributed by atoms with Gasteiger partial charge in [-0.1, -0.05) is 58.4 Å². The Balaban J connectivity index is 1.63. The first kappa shape index (κ1) is 23.6. The summed E-state index contributed by atoms with van der Waals surface area (Å²) in [6, 6.07) is 0. The molecule has 0 aromatic carbocycles. The van der Waals surface area contributed by atoms with Crippen molar-refractivity contribution in [3.8, 4) is 0 Å². The Labute approximate surface area is 199 Å². The number of carboxylic acid groups (broad SMARTS) is 1. The standard InChI is InChI=1S/C29H44O4/c1-17-9-14-29(24(32)33)19(15-17)18-7-8-21-26(4)12-11-22(30)25(2,3)20(26)10-13-27(21,5)28(18,6)16-23(29)31/h7,19-23,30-31H,1,8-16H2,2-6H3,(H,32,33)/t19-,20+,21-,22+,23+,26+,27-,28-,29-/m1/s1. The van der Waals surface area contributed by atoms with E-state index in [1.807, 2.05) is 0 Å². The van der Waals surface area contributed by atoms with Crippen LogP contribution in [0.4, 0.5) is 0 Å². The highest BCUT2D eigenvalue weighted by Gasteiger charge is 2.70. The highest BCUT2D eigenvalue weighted by Crippen LogP contribution is 2.75. The molecule has 33 heavy (non-hydrogen) atoms. The maximum Gasteiger partial charge on any atom is 0.312 e. The second-order valence-corrected chi connectivity index (χ2v) is 13.7. The minimum absolute atomic E-state index is 0.00509. The van der Waals surface area contributed by atoms with Crippen LogP contribution in [-0.2, 0) is 4.79 Å². The van der Waals surface area contributed by atoms with E-state index in [0.29, 0.717) is 37.5 Å². The van der Waals surface area contributed by atoms with Crippen molar-refractivity contribution in [3.05, 3.63) is 23.8 Å². The van der Waals surface area contributed by atoms with Crippen LogP contribution < -0.4 is 0 Å². The molecule has 4 nitrogen and oxygen atoms in total. The molecule has 4 fully saturated rings. The largest absolute Gasteiger partial charge is 0.481 e. The highest BCUT2D eigenvalue weighted by atomic mass is 16.4. The number of aliphatic hydroxyl groups excluding tert-OH is 2. The van der Waals surface area contributed by atoms with Gasteiger partial charge in [0.05, 0.1) is 12.2 Å². The van der Waals surface area contributed by atoms with Crippen molar-refractivity contribution >= 4 is 5.97 Å². The Morgan fingerprint density at radius 1 is 1.00 bits per heavy atom. The smallest absolute Gasteiger partial charge is 0.312 e. The minimum Gasteiger partial charge on any atom is -0.481 e. The Hall–Kier alpha value is -1.13. The van der Waals surface area contributed by atoms with Crippen molar-refractivity contribution in [1.29, 1.82) is 0 Å². The van der Waals surface area contributed by atoms with Crippen molar-refractivity contribution in [2.45, 2.75) is 105 Å². The van der Waals surface area contributed by atoms with Crippen molar-refractivity contribution in [2.24, 2.45) is 44.8 Å². The van der Waals surface area contributed by atoms with Crippen LogP contribution in [0.1, 0.15) is 92.4 Å². The summed E-state index contributed by atoms with van der Waals surface area (Å²) >= 11 is 0. The maximum atomic E-state index is 12.7. The Kier molecular flexibility index (Phi) is 4.98. The summed E-state index contributed by atoms with van der Waals surface area (Å²) in [5, 5.41) is 32.8. The topological polar surface area (TPSA) is 77.8 Å². The fourth-order valence-corrected chi connectivity index (χ4v) is 10.3. The van der Waals surface area contributed by atoms with Crippen LogP contribution in [0.5, 0.6) is 0 Å². The van der Waals surface area contributed by atoms with Gasteiger partial charge in [0.25, 0.3) is 0 Å². The number of allylic oxidation sites excluding steroid dienone is 3. The number of hydrogen-bond donors (Lipinski definition) is 3. The summed E-state index contributed by atoms with van der Waals surface area (Å²) in [5.41, 5.74) is 1.18. The molecule has 0 radical (unpaired) electrons. The second kappa shape index (κ2) is 6.97. The zero-order valence-electron chi connectivity index (χ0n) is 21.3. The van der Waals surface area contributed by atoms with Gasteiger partial charge in [-0.15, -0.1) is 0 Å². The van der Waals surface area contributed by atoms with Crippen molar-refractivity contribution in [2.75, 3.05) is 0 Å². The van der Waals surface area contributed by atoms with Gasteiger partial charge in [0.1, 0.15) is 5.41 Å². The van der Waals surface area contributed by atoms with Gasteiger partial charge in [0.15, 0.2) is 0 Å². The molecule has 0 aliphatic heterocycles. The molecule has 4 saturated carbocycles. The van der Waals surface area contributed by atoms with Crippen LogP contribution in [-0.4, -0.2) is 33.5 Å². The van der Waals surface area contributed by atoms with Gasteiger partial charge in [-0.05, 0) is 91.3 Å². The molecule has 9 atom stereocenters. The summed E-state index contributed by atoms with van der Waals surface area (Å²) in [4.78, 5) is 12.7. The predicted octanol–water partition coefficient (Wildman–Crippen LogP) is 5.73. The first-order valence-electron chi connectivity index (χ1n) is 13.2. The summed E-state index contributed by atoms with van der Waals surface area (Å²) in [6.45, 7) is 16.0. The molecule has 0 aromatic heterocycles. The van der Waals surface area contributed by atoms with E-state index in [4.69, 9.17) is 0 Å². The van der Waals surface area contributed by atoms with E-state index in [1.54, 1.807) is 0 Å². The van der Waals surface area contributed by atoms with Crippen molar-refractivity contribution < 1.29 is 20.1 Å². The van der Waals surface area contributed by atoms with E-state index in [9.17, 15) is 20.1 Å². The van der Waals surface area contributed by atoms with Gasteiger partial charge in [0.2, 0.25) is 0 Å². The SMILES string of the molecule is C=C1CC[C@@]2(C(=O)O)[C@H](C1)C1=CC[C@@H]3[C@@]4(C)CC[C@H](O)C(C)(C)[C@@H]4CC[C@@]3(C)[C@]1(C)C[C@@H]2O. The molecule has 0 heterocycles. The number of aliphatic hydroxyl groups is 2. The van der Waals surface area contributed by atoms with Crippen LogP contribution in [0, 0.1) is 44.8 Å². The molecule has 0 amide bonds. The molecule has 5 rings (SSSR count). The molecule has 0 saturated heterocycles. The fraction of sp³-hybridized carbons (Fsp3) is 0.828. The third kappa shape index (κ3) is 2.69. The van der Waals surface area contributed by atoms with Gasteiger partial charge in [-0.3, -0.25) is 4.79 Å². The second-order valence-electron chi connectivity index (χ2n) is 13.7. The Morgan fingerprint density at radius 2 is 1.70 bits per heavy atom. The lowest BCUT2D eigenvalue weighted by Gasteiger charge is -2.71. The van der Waals surface area contributed by atoms with Crippen LogP contribution in [0.25, 0.3) is 0 Å². The molecule has 0 aromatic rings. The lowest BCUT2D eigenvalue weighted by molar-refractivity contribution is -0.215. The molecule has 184 valence electrons. The predicted molar refractivity (Wildman–Crippen MR) is 129 cm³/mol. The lowest BCUT2D eigenvalue weighted by atomic mass is 9.33. The lowest BCUT2D eigenvalue weighted by Crippen LogP contribution is -2.67. The summed E-state index contributed by atoms with van der Waals surface area (Å²) in [7, 11) is 0. The maximum absolute atomic E-state index is 12.7. The molecular formula is C29H44O4. The van der Waals surface area contributed by atoms with Gasteiger partial charge in [0, 0.05) is 5.92 Å². The highest BCUT2D eigenvalue weighted by molar-refractivity contribution is 5.78. The monoisotopic (exact) mass is 456 g/mol. The summed E-state index contributed by atoms with van der Waals surface area (Å²) in [5.74, 6) is -0.0357. The molecule has 3 N–H and O–H groups in total. The van der Waals surface area contributed by atoms with Gasteiger partial charge in [-0.25, -0.2) is 0 Å². The minimum atomic E-state index is -1.08. The molecule has 0 bridgehead atoms. The van der Waals surface area contributed by atoms with E-state index in [1.165, 1.54) is 5.57 Å². The van der Waals surface area contributed by atoms with E-state index >= 15 is 0 Å². The molecule has 4 heteroatoms. The first-order chi connectivity index (χ1) is 15.2. The van der Waals surface area contributed by atoms with Crippen LogP contribution >= 0.6 is 0 Å². The van der Waals surface area contributed by atoms with Gasteiger partial charge >= 0.3 is 5.97 Å². The molecular weight excluding hydrogens is 412 g/mol. The number of carboxylic acids is 1. The average molecular weight is 457 g/mol. The third-order valence-corrected chi connectivity index (χ3v) is 12.5. The van der Waals surface area contributed by atoms with E-state index in [-0.39, 0.29) is 33.7 Å². The van der Waals surface area contributed by atoms with Gasteiger partial charge in [-0.2, -0.15) is 0 Å². The van der Waals surface area contributed by atoms with Crippen LogP contribution in [0.15, 0.2) is 23.8 Å². The number of aliphatic carboxylic acids is 1. The molecule has 5 aliphatic rings. The Morgan fingerprint density at radius 3 is 2.36 bits per heavy atom. The zero-order chi connectivity index (χ0) is 24.2. The van der Waals surface area contributed by atoms with Crippen LogP contribution in [0.3, 0.4) is 0 Å². The van der Waals surface area contributed by atoms with Crippen LogP contribution in [0.2, 0.25) is 0 Å². The average Bonchev–Trinajstić information content (AvgIpc) is 2.71. The molecule has 0 spiro atoms. The summed E-state index contributed by atoms with van der Waals surface area (Å²) < 4.78 is 0. The van der Waals surface area contributed by atoms with Crippen molar-refractivity contribution in [3.63, 3.8) is 0 Å². The quantitative estimate of drug-likeness (QED) is 0.440. The third-order valence-electron chi connectivity index (χ3n) is 12.5. The molecule has 5 aliphatic carbocycles. The number of carbonyl (C=O) groups is 1. The fourth-order valence-electron chi connectivity index (χ4n) is 10.3. The normalized spacial score (nSPS) is 53.1. The molecule has 0 unspecified atom stereocenters. The van der Waals surface area contributed by atoms with Crippen molar-refractivity contribution in [1.82, 2.24) is 0 Å². The summed E-state index contributed by atoms with van der Waals surface area (Å²) in [6.07, 6.45) is 8.78. The van der Waals surface area contributed by atoms with E-state index < -0.39 is 17.5 Å². The number of rotatable bonds is 1. The number of hydrogen-bond acceptors (Lipinski definition) is 3. The van der Waals surface area contributed by atoms with E-state index in [2.05, 4.69) is 47.3 Å². The Bertz CT molecular complexity index is 919. The van der Waals surface area contributed by atoms with E-state index in [0.717, 1.165) is 37.7 Å². The first-order valence-corrected chi connectivity index (χ1v) is 13.2. The number of fused-ring (bicyclic) bond motifs is 7.